The molecule has 10 aromatic rings. The average molecular weight is 689 g/mol. The van der Waals surface area contributed by atoms with Gasteiger partial charge in [0, 0.05) is 44.0 Å². The zero-order valence-corrected chi connectivity index (χ0v) is 29.3. The first-order chi connectivity index (χ1) is 26.7. The third kappa shape index (κ3) is 5.76. The predicted molar refractivity (Wildman–Crippen MR) is 223 cm³/mol. The van der Waals surface area contributed by atoms with Gasteiger partial charge < -0.3 is 0 Å². The Morgan fingerprint density at radius 1 is 0.296 bits per heavy atom. The zero-order chi connectivity index (χ0) is 35.8. The van der Waals surface area contributed by atoms with E-state index < -0.39 is 0 Å². The van der Waals surface area contributed by atoms with Crippen molar-refractivity contribution in [1.82, 2.24) is 19.9 Å². The third-order valence-corrected chi connectivity index (χ3v) is 10.1. The summed E-state index contributed by atoms with van der Waals surface area (Å²) in [7, 11) is 0. The lowest BCUT2D eigenvalue weighted by molar-refractivity contribution is 1.18. The molecule has 0 saturated carbocycles. The number of nitrogens with zero attached hydrogens (tertiary/aromatic N) is 4. The molecule has 0 unspecified atom stereocenters. The fourth-order valence-corrected chi connectivity index (χ4v) is 7.34. The molecular weight excluding hydrogens is 657 g/mol. The van der Waals surface area contributed by atoms with Crippen molar-refractivity contribution in [3.05, 3.63) is 194 Å². The van der Waals surface area contributed by atoms with Crippen LogP contribution in [0.15, 0.2) is 194 Å². The molecule has 0 spiro atoms. The van der Waals surface area contributed by atoms with E-state index in [0.29, 0.717) is 5.82 Å². The molecule has 0 aliphatic carbocycles. The molecule has 3 heterocycles. The summed E-state index contributed by atoms with van der Waals surface area (Å²) >= 11 is 0. The van der Waals surface area contributed by atoms with Crippen molar-refractivity contribution >= 4 is 32.6 Å². The Kier molecular flexibility index (Phi) is 7.77. The summed E-state index contributed by atoms with van der Waals surface area (Å²) in [6, 6.07) is 67.3. The normalized spacial score (nSPS) is 11.3. The summed E-state index contributed by atoms with van der Waals surface area (Å²) in [6.45, 7) is 0. The van der Waals surface area contributed by atoms with Crippen LogP contribution in [-0.4, -0.2) is 19.9 Å². The highest BCUT2D eigenvalue weighted by atomic mass is 14.9. The topological polar surface area (TPSA) is 51.6 Å². The molecule has 0 N–H and O–H groups in total. The molecular formula is C50H32N4. The van der Waals surface area contributed by atoms with Gasteiger partial charge in [0.1, 0.15) is 0 Å². The van der Waals surface area contributed by atoms with Gasteiger partial charge in [0.15, 0.2) is 5.82 Å². The Hall–Kier alpha value is -7.30. The highest BCUT2D eigenvalue weighted by Crippen LogP contribution is 2.39. The van der Waals surface area contributed by atoms with Crippen LogP contribution in [0, 0.1) is 0 Å². The van der Waals surface area contributed by atoms with Gasteiger partial charge in [-0.05, 0) is 40.8 Å². The summed E-state index contributed by atoms with van der Waals surface area (Å²) in [5.41, 5.74) is 12.9. The number of hydrogen-bond acceptors (Lipinski definition) is 4. The van der Waals surface area contributed by atoms with E-state index in [9.17, 15) is 0 Å². The van der Waals surface area contributed by atoms with Crippen LogP contribution in [0.1, 0.15) is 0 Å². The minimum Gasteiger partial charge on any atom is -0.247 e. The minimum atomic E-state index is 0.682. The average Bonchev–Trinajstić information content (AvgIpc) is 3.26. The lowest BCUT2D eigenvalue weighted by Crippen LogP contribution is -1.97. The van der Waals surface area contributed by atoms with E-state index in [4.69, 9.17) is 19.9 Å². The maximum atomic E-state index is 5.35. The van der Waals surface area contributed by atoms with E-state index in [1.165, 1.54) is 11.1 Å². The van der Waals surface area contributed by atoms with Crippen molar-refractivity contribution in [2.45, 2.75) is 0 Å². The van der Waals surface area contributed by atoms with Crippen LogP contribution in [-0.2, 0) is 0 Å². The molecule has 252 valence electrons. The molecule has 10 rings (SSSR count). The first-order valence-corrected chi connectivity index (χ1v) is 18.1. The van der Waals surface area contributed by atoms with E-state index in [0.717, 1.165) is 83.2 Å². The van der Waals surface area contributed by atoms with E-state index in [-0.39, 0.29) is 0 Å². The lowest BCUT2D eigenvalue weighted by Gasteiger charge is -2.15. The largest absolute Gasteiger partial charge is 0.247 e. The smallest absolute Gasteiger partial charge is 0.160 e. The fourth-order valence-electron chi connectivity index (χ4n) is 7.34. The fraction of sp³-hybridized carbons (Fsp3) is 0. The Balaban J connectivity index is 1.18. The number of aromatic nitrogens is 4. The van der Waals surface area contributed by atoms with Crippen molar-refractivity contribution in [3.8, 4) is 67.5 Å². The van der Waals surface area contributed by atoms with Gasteiger partial charge in [-0.15, -0.1) is 0 Å². The van der Waals surface area contributed by atoms with Gasteiger partial charge in [-0.2, -0.15) is 0 Å². The number of pyridine rings is 2. The quantitative estimate of drug-likeness (QED) is 0.163. The molecule has 0 amide bonds. The van der Waals surface area contributed by atoms with Crippen LogP contribution in [0.2, 0.25) is 0 Å². The van der Waals surface area contributed by atoms with Gasteiger partial charge in [0.05, 0.1) is 33.8 Å². The first-order valence-electron chi connectivity index (χ1n) is 18.1. The minimum absolute atomic E-state index is 0.682. The van der Waals surface area contributed by atoms with Crippen molar-refractivity contribution in [2.75, 3.05) is 0 Å². The van der Waals surface area contributed by atoms with Gasteiger partial charge in [0.2, 0.25) is 0 Å². The lowest BCUT2D eigenvalue weighted by atomic mass is 9.95. The number of fused-ring (bicyclic) bond motifs is 5. The molecule has 0 aliphatic heterocycles. The molecule has 0 saturated heterocycles. The zero-order valence-electron chi connectivity index (χ0n) is 29.3. The van der Waals surface area contributed by atoms with Crippen LogP contribution < -0.4 is 0 Å². The van der Waals surface area contributed by atoms with Crippen LogP contribution >= 0.6 is 0 Å². The van der Waals surface area contributed by atoms with Crippen LogP contribution in [0.25, 0.3) is 100 Å². The second-order valence-corrected chi connectivity index (χ2v) is 13.5. The summed E-state index contributed by atoms with van der Waals surface area (Å²) in [6.07, 6.45) is 0. The van der Waals surface area contributed by atoms with Gasteiger partial charge in [-0.1, -0.05) is 170 Å². The second kappa shape index (κ2) is 13.4. The first kappa shape index (κ1) is 31.4. The Morgan fingerprint density at radius 3 is 1.50 bits per heavy atom. The molecule has 0 fully saturated rings. The van der Waals surface area contributed by atoms with Gasteiger partial charge in [-0.3, -0.25) is 0 Å². The summed E-state index contributed by atoms with van der Waals surface area (Å²) in [4.78, 5) is 20.9. The van der Waals surface area contributed by atoms with Crippen molar-refractivity contribution in [3.63, 3.8) is 0 Å². The number of hydrogen-bond donors (Lipinski definition) is 0. The molecule has 0 radical (unpaired) electrons. The van der Waals surface area contributed by atoms with Crippen LogP contribution in [0.5, 0.6) is 0 Å². The predicted octanol–water partition coefficient (Wildman–Crippen LogP) is 12.7. The SMILES string of the molecule is c1ccc(-c2ccc(-c3cc(-c4ccc5nc(-c6ccccc6)c6c(ccc7ccc(-c8ccccc8)nc76)c5c4)nc(-c4ccccc4)n3)cc2)cc1. The molecule has 7 aromatic carbocycles. The van der Waals surface area contributed by atoms with E-state index in [1.807, 2.05) is 36.4 Å². The van der Waals surface area contributed by atoms with Crippen molar-refractivity contribution in [1.29, 1.82) is 0 Å². The molecule has 3 aromatic heterocycles. The van der Waals surface area contributed by atoms with Crippen LogP contribution in [0.4, 0.5) is 0 Å². The number of benzene rings is 7. The van der Waals surface area contributed by atoms with E-state index in [1.54, 1.807) is 0 Å². The monoisotopic (exact) mass is 688 g/mol. The van der Waals surface area contributed by atoms with E-state index >= 15 is 0 Å². The molecule has 0 bridgehead atoms. The van der Waals surface area contributed by atoms with E-state index in [2.05, 4.69) is 158 Å². The van der Waals surface area contributed by atoms with Gasteiger partial charge in [0.25, 0.3) is 0 Å². The Labute approximate surface area is 313 Å². The van der Waals surface area contributed by atoms with Gasteiger partial charge in [-0.25, -0.2) is 19.9 Å². The molecule has 54 heavy (non-hydrogen) atoms. The molecule has 0 aliphatic rings. The maximum absolute atomic E-state index is 5.35. The molecule has 4 heteroatoms. The molecule has 0 atom stereocenters. The maximum Gasteiger partial charge on any atom is 0.160 e. The summed E-state index contributed by atoms with van der Waals surface area (Å²) in [5.74, 6) is 0.682. The Bertz CT molecular complexity index is 2950. The molecule has 4 nitrogen and oxygen atoms in total. The van der Waals surface area contributed by atoms with Crippen molar-refractivity contribution in [2.24, 2.45) is 0 Å². The van der Waals surface area contributed by atoms with Gasteiger partial charge >= 0.3 is 0 Å². The third-order valence-electron chi connectivity index (χ3n) is 10.1. The summed E-state index contributed by atoms with van der Waals surface area (Å²) in [5, 5.41) is 4.25. The highest BCUT2D eigenvalue weighted by Gasteiger charge is 2.17. The standard InChI is InChI=1S/C50H32N4/c1-5-13-33(14-6-1)34-21-23-36(24-22-34)45-32-46(54-50(53-45)39-19-11-4-12-20-39)40-27-30-44-42(31-40)41-28-25-38-26-29-43(35-15-7-2-8-16-35)51-49(38)47(41)48(52-44)37-17-9-3-10-18-37/h1-32H. The Morgan fingerprint density at radius 2 is 0.815 bits per heavy atom. The number of rotatable bonds is 6. The highest BCUT2D eigenvalue weighted by molar-refractivity contribution is 6.20. The van der Waals surface area contributed by atoms with Crippen molar-refractivity contribution < 1.29 is 0 Å². The second-order valence-electron chi connectivity index (χ2n) is 13.5. The van der Waals surface area contributed by atoms with Crippen LogP contribution in [0.3, 0.4) is 0 Å². The summed E-state index contributed by atoms with van der Waals surface area (Å²) < 4.78 is 0.